The number of hydrogen-bond acceptors (Lipinski definition) is 2. The highest BCUT2D eigenvalue weighted by molar-refractivity contribution is 4.65. The second-order valence-electron chi connectivity index (χ2n) is 1.81. The van der Waals surface area contributed by atoms with Crippen LogP contribution in [0.2, 0.25) is 0 Å². The molecule has 0 spiro atoms. The van der Waals surface area contributed by atoms with Crippen LogP contribution in [0.1, 0.15) is 6.42 Å². The highest BCUT2D eigenvalue weighted by atomic mass is 15.1. The van der Waals surface area contributed by atoms with Gasteiger partial charge in [0.15, 0.2) is 0 Å². The minimum atomic E-state index is 0.762. The van der Waals surface area contributed by atoms with E-state index in [4.69, 9.17) is 5.73 Å². The van der Waals surface area contributed by atoms with Crippen LogP contribution in [0.4, 0.5) is 0 Å². The predicted octanol–water partition coefficient (Wildman–Crippen LogP) is 0.410. The van der Waals surface area contributed by atoms with Gasteiger partial charge in [-0.25, -0.2) is 0 Å². The molecule has 48 valence electrons. The van der Waals surface area contributed by atoms with Crippen molar-refractivity contribution in [1.82, 2.24) is 4.90 Å². The van der Waals surface area contributed by atoms with Crippen LogP contribution in [0.5, 0.6) is 0 Å². The number of nitrogens with two attached hydrogens (primary N) is 1. The molecule has 2 nitrogen and oxygen atoms in total. The van der Waals surface area contributed by atoms with Gasteiger partial charge in [-0.1, -0.05) is 6.58 Å². The predicted molar refractivity (Wildman–Crippen MR) is 36.5 cm³/mol. The van der Waals surface area contributed by atoms with E-state index in [2.05, 4.69) is 6.58 Å². The molecule has 0 aromatic heterocycles. The first-order chi connectivity index (χ1) is 3.81. The molecule has 0 heterocycles. The average molecular weight is 114 g/mol. The van der Waals surface area contributed by atoms with Crippen molar-refractivity contribution in [3.05, 3.63) is 12.8 Å². The van der Waals surface area contributed by atoms with Gasteiger partial charge in [-0.2, -0.15) is 0 Å². The van der Waals surface area contributed by atoms with E-state index >= 15 is 0 Å². The number of rotatable bonds is 4. The van der Waals surface area contributed by atoms with Crippen LogP contribution in [-0.2, 0) is 0 Å². The van der Waals surface area contributed by atoms with Crippen molar-refractivity contribution >= 4 is 0 Å². The minimum Gasteiger partial charge on any atom is -0.381 e. The van der Waals surface area contributed by atoms with Crippen LogP contribution in [0.3, 0.4) is 0 Å². The van der Waals surface area contributed by atoms with Gasteiger partial charge < -0.3 is 10.6 Å². The van der Waals surface area contributed by atoms with Gasteiger partial charge in [-0.15, -0.1) is 0 Å². The molecule has 2 heteroatoms. The summed E-state index contributed by atoms with van der Waals surface area (Å²) < 4.78 is 0. The third-order valence-electron chi connectivity index (χ3n) is 1.03. The van der Waals surface area contributed by atoms with E-state index in [0.717, 1.165) is 19.5 Å². The molecule has 0 aromatic rings. The van der Waals surface area contributed by atoms with Crippen LogP contribution in [-0.4, -0.2) is 25.0 Å². The molecule has 0 aromatic carbocycles. The van der Waals surface area contributed by atoms with E-state index in [0.29, 0.717) is 0 Å². The third-order valence-corrected chi connectivity index (χ3v) is 1.03. The molecule has 0 aliphatic rings. The zero-order valence-electron chi connectivity index (χ0n) is 5.43. The van der Waals surface area contributed by atoms with Gasteiger partial charge in [-0.3, -0.25) is 0 Å². The molecule has 0 amide bonds. The zero-order valence-corrected chi connectivity index (χ0v) is 5.43. The fourth-order valence-corrected chi connectivity index (χ4v) is 0.432. The van der Waals surface area contributed by atoms with E-state index in [1.807, 2.05) is 11.9 Å². The van der Waals surface area contributed by atoms with Gasteiger partial charge in [-0.05, 0) is 19.2 Å². The lowest BCUT2D eigenvalue weighted by atomic mass is 10.4. The Balaban J connectivity index is 2.98. The monoisotopic (exact) mass is 114 g/mol. The first-order valence-electron chi connectivity index (χ1n) is 2.84. The highest BCUT2D eigenvalue weighted by Gasteiger charge is 1.85. The molecule has 0 unspecified atom stereocenters. The second kappa shape index (κ2) is 4.65. The lowest BCUT2D eigenvalue weighted by Crippen LogP contribution is -2.15. The van der Waals surface area contributed by atoms with Gasteiger partial charge in [0.25, 0.3) is 0 Å². The summed E-state index contributed by atoms with van der Waals surface area (Å²) in [6.07, 6.45) is 2.85. The smallest absolute Gasteiger partial charge is 0.0181 e. The van der Waals surface area contributed by atoms with Gasteiger partial charge >= 0.3 is 0 Å². The first-order valence-corrected chi connectivity index (χ1v) is 2.84. The van der Waals surface area contributed by atoms with Gasteiger partial charge in [0, 0.05) is 13.6 Å². The maximum Gasteiger partial charge on any atom is 0.0181 e. The molecular weight excluding hydrogens is 100 g/mol. The van der Waals surface area contributed by atoms with Crippen LogP contribution >= 0.6 is 0 Å². The second-order valence-corrected chi connectivity index (χ2v) is 1.81. The van der Waals surface area contributed by atoms with E-state index < -0.39 is 0 Å². The summed E-state index contributed by atoms with van der Waals surface area (Å²) in [6.45, 7) is 5.37. The average Bonchev–Trinajstić information content (AvgIpc) is 1.83. The molecule has 0 aliphatic heterocycles. The van der Waals surface area contributed by atoms with Crippen molar-refractivity contribution in [1.29, 1.82) is 0 Å². The third kappa shape index (κ3) is 3.68. The molecule has 0 fully saturated rings. The summed E-state index contributed by atoms with van der Waals surface area (Å²) in [5, 5.41) is 0. The Kier molecular flexibility index (Phi) is 4.36. The van der Waals surface area contributed by atoms with Gasteiger partial charge in [0.2, 0.25) is 0 Å². The fraction of sp³-hybridized carbons (Fsp3) is 0.667. The largest absolute Gasteiger partial charge is 0.381 e. The lowest BCUT2D eigenvalue weighted by Gasteiger charge is -2.10. The molecule has 0 bridgehead atoms. The van der Waals surface area contributed by atoms with Crippen molar-refractivity contribution in [3.8, 4) is 0 Å². The highest BCUT2D eigenvalue weighted by Crippen LogP contribution is 1.82. The van der Waals surface area contributed by atoms with Crippen LogP contribution in [0.25, 0.3) is 0 Å². The Bertz CT molecular complexity index is 61.5. The molecule has 8 heavy (non-hydrogen) atoms. The summed E-state index contributed by atoms with van der Waals surface area (Å²) in [4.78, 5) is 2.02. The molecule has 0 rings (SSSR count). The van der Waals surface area contributed by atoms with Crippen molar-refractivity contribution < 1.29 is 0 Å². The molecule has 0 saturated heterocycles. The van der Waals surface area contributed by atoms with Crippen molar-refractivity contribution in [2.45, 2.75) is 6.42 Å². The molecule has 0 radical (unpaired) electrons. The zero-order chi connectivity index (χ0) is 6.41. The van der Waals surface area contributed by atoms with E-state index in [1.54, 1.807) is 6.20 Å². The van der Waals surface area contributed by atoms with Crippen molar-refractivity contribution in [3.63, 3.8) is 0 Å². The van der Waals surface area contributed by atoms with Crippen LogP contribution in [0, 0.1) is 0 Å². The molecule has 2 N–H and O–H groups in total. The van der Waals surface area contributed by atoms with Crippen molar-refractivity contribution in [2.75, 3.05) is 20.1 Å². The van der Waals surface area contributed by atoms with E-state index in [9.17, 15) is 0 Å². The Morgan fingerprint density at radius 3 is 2.75 bits per heavy atom. The fourth-order valence-electron chi connectivity index (χ4n) is 0.432. The van der Waals surface area contributed by atoms with Gasteiger partial charge in [0.05, 0.1) is 0 Å². The maximum atomic E-state index is 5.27. The Morgan fingerprint density at radius 1 is 1.75 bits per heavy atom. The van der Waals surface area contributed by atoms with E-state index in [1.165, 1.54) is 0 Å². The Hall–Kier alpha value is -0.500. The molecular formula is C6H14N2. The summed E-state index contributed by atoms with van der Waals surface area (Å²) in [6, 6.07) is 0. The molecule has 0 saturated carbocycles. The molecule has 0 aliphatic carbocycles. The quantitative estimate of drug-likeness (QED) is 0.573. The van der Waals surface area contributed by atoms with E-state index in [-0.39, 0.29) is 0 Å². The number of nitrogens with zero attached hydrogens (tertiary/aromatic N) is 1. The maximum absolute atomic E-state index is 5.27. The number of hydrogen-bond donors (Lipinski definition) is 1. The normalized spacial score (nSPS) is 8.75. The standard InChI is InChI=1S/C6H14N2/c1-3-8(2)6-4-5-7/h3H,1,4-7H2,2H3. The summed E-state index contributed by atoms with van der Waals surface area (Å²) in [5.41, 5.74) is 5.27. The lowest BCUT2D eigenvalue weighted by molar-refractivity contribution is 0.449. The summed E-state index contributed by atoms with van der Waals surface area (Å²) in [7, 11) is 1.99. The Labute approximate surface area is 51.0 Å². The molecule has 0 atom stereocenters. The SMILES string of the molecule is C=CN(C)CCCN. The Morgan fingerprint density at radius 2 is 2.38 bits per heavy atom. The van der Waals surface area contributed by atoms with Crippen LogP contribution < -0.4 is 5.73 Å². The summed E-state index contributed by atoms with van der Waals surface area (Å²) in [5.74, 6) is 0. The van der Waals surface area contributed by atoms with Gasteiger partial charge in [0.1, 0.15) is 0 Å². The van der Waals surface area contributed by atoms with Crippen molar-refractivity contribution in [2.24, 2.45) is 5.73 Å². The topological polar surface area (TPSA) is 29.3 Å². The van der Waals surface area contributed by atoms with Crippen LogP contribution in [0.15, 0.2) is 12.8 Å². The minimum absolute atomic E-state index is 0.762. The summed E-state index contributed by atoms with van der Waals surface area (Å²) >= 11 is 0. The first kappa shape index (κ1) is 7.50.